The van der Waals surface area contributed by atoms with E-state index in [0.29, 0.717) is 0 Å². The summed E-state index contributed by atoms with van der Waals surface area (Å²) in [7, 11) is 0. The van der Waals surface area contributed by atoms with E-state index in [0.717, 1.165) is 22.7 Å². The smallest absolute Gasteiger partial charge is 0.0544 e. The van der Waals surface area contributed by atoms with Crippen LogP contribution in [0.25, 0.3) is 143 Å². The van der Waals surface area contributed by atoms with Crippen molar-refractivity contribution in [3.63, 3.8) is 0 Å². The third-order valence-corrected chi connectivity index (χ3v) is 19.1. The normalized spacial score (nSPS) is 14.0. The molecular weight excluding hydrogens is 993 g/mol. The molecule has 12 aromatic carbocycles. The summed E-state index contributed by atoms with van der Waals surface area (Å²) in [6.07, 6.45) is 0. The molecule has 386 valence electrons. The number of rotatable bonds is 5. The van der Waals surface area contributed by atoms with Crippen molar-refractivity contribution in [3.8, 4) is 56.1 Å². The van der Waals surface area contributed by atoms with Crippen LogP contribution in [0.3, 0.4) is 0 Å². The lowest BCUT2D eigenvalue weighted by atomic mass is 9.82. The lowest BCUT2D eigenvalue weighted by molar-refractivity contribution is 0.661. The Kier molecular flexibility index (Phi) is 9.05. The Morgan fingerprint density at radius 3 is 0.976 bits per heavy atom. The highest BCUT2D eigenvalue weighted by molar-refractivity contribution is 6.17. The second-order valence-corrected chi connectivity index (χ2v) is 24.1. The van der Waals surface area contributed by atoms with Gasteiger partial charge in [-0.2, -0.15) is 0 Å². The Bertz CT molecular complexity index is 5100. The molecule has 0 amide bonds. The Balaban J connectivity index is 0.869. The number of benzene rings is 12. The van der Waals surface area contributed by atoms with Gasteiger partial charge in [0.2, 0.25) is 0 Å². The first-order valence-corrected chi connectivity index (χ1v) is 28.8. The molecule has 16 aromatic rings. The fraction of sp³-hybridized carbons (Fsp3) is 0.0769. The maximum absolute atomic E-state index is 2.53. The lowest BCUT2D eigenvalue weighted by Gasteiger charge is -2.21. The molecule has 18 rings (SSSR count). The monoisotopic (exact) mass is 1050 g/mol. The van der Waals surface area contributed by atoms with Crippen LogP contribution in [0.2, 0.25) is 0 Å². The SMILES string of the molecule is CC1(C)c2ccccc2-c2cc3c4cc(-c5ccc6c(c5)c5cc7c(cc5n6-c5ccc6c(c5)c5ccccc5n6-c5ccccc5)C(C)(C)c5ccccc5-7)ccc4n(-c4ccc5c(c4)c4ccccc4n5-c4ccccc4)c3cc21. The first-order valence-electron chi connectivity index (χ1n) is 28.8. The van der Waals surface area contributed by atoms with Crippen LogP contribution in [0, 0.1) is 0 Å². The van der Waals surface area contributed by atoms with Gasteiger partial charge in [-0.15, -0.1) is 0 Å². The number of hydrogen-bond acceptors (Lipinski definition) is 0. The molecule has 2 aliphatic carbocycles. The molecule has 0 bridgehead atoms. The average molecular weight is 1050 g/mol. The zero-order valence-electron chi connectivity index (χ0n) is 46.0. The van der Waals surface area contributed by atoms with Gasteiger partial charge in [0.25, 0.3) is 0 Å². The Hall–Kier alpha value is -10.2. The Labute approximate surface area is 474 Å². The first kappa shape index (κ1) is 45.7. The summed E-state index contributed by atoms with van der Waals surface area (Å²) in [5, 5.41) is 9.96. The highest BCUT2D eigenvalue weighted by Gasteiger charge is 2.38. The van der Waals surface area contributed by atoms with E-state index in [-0.39, 0.29) is 10.8 Å². The molecule has 4 heteroatoms. The predicted molar refractivity (Wildman–Crippen MR) is 344 cm³/mol. The first-order chi connectivity index (χ1) is 40.2. The van der Waals surface area contributed by atoms with E-state index >= 15 is 0 Å². The standard InChI is InChI=1S/C78H54N4/c1-77(2)65-27-15-11-23-53(65)57-43-63-59-39-47(31-35-71(59)81(75(63)45-67(57)77)51-33-37-73-61(41-51)55-25-13-17-29-69(55)79(73)49-19-7-5-8-20-49)48-32-36-72-60(40-48)64-44-58-54-24-12-16-28-66(54)78(3,4)68(58)46-76(64)82(72)52-34-38-74-62(42-52)56-26-14-18-30-70(56)80(74)50-21-9-6-10-22-50/h5-46H,1-4H3. The van der Waals surface area contributed by atoms with Gasteiger partial charge in [-0.25, -0.2) is 0 Å². The number of fused-ring (bicyclic) bond motifs is 18. The van der Waals surface area contributed by atoms with Crippen LogP contribution in [0.5, 0.6) is 0 Å². The summed E-state index contributed by atoms with van der Waals surface area (Å²) in [5.74, 6) is 0. The number of aromatic nitrogens is 4. The molecule has 2 aliphatic rings. The van der Waals surface area contributed by atoms with Gasteiger partial charge in [0, 0.05) is 76.7 Å². The summed E-state index contributed by atoms with van der Waals surface area (Å²) >= 11 is 0. The molecule has 4 nitrogen and oxygen atoms in total. The number of para-hydroxylation sites is 4. The van der Waals surface area contributed by atoms with Gasteiger partial charge < -0.3 is 18.3 Å². The van der Waals surface area contributed by atoms with Gasteiger partial charge >= 0.3 is 0 Å². The minimum absolute atomic E-state index is 0.154. The molecule has 4 heterocycles. The summed E-state index contributed by atoms with van der Waals surface area (Å²) in [6.45, 7) is 9.57. The highest BCUT2D eigenvalue weighted by Crippen LogP contribution is 2.54. The Morgan fingerprint density at radius 2 is 0.537 bits per heavy atom. The summed E-state index contributed by atoms with van der Waals surface area (Å²) < 4.78 is 9.88. The summed E-state index contributed by atoms with van der Waals surface area (Å²) in [5.41, 5.74) is 27.2. The molecule has 0 saturated carbocycles. The third kappa shape index (κ3) is 6.05. The third-order valence-electron chi connectivity index (χ3n) is 19.1. The van der Waals surface area contributed by atoms with E-state index < -0.39 is 0 Å². The molecule has 0 spiro atoms. The van der Waals surface area contributed by atoms with Gasteiger partial charge in [0.15, 0.2) is 0 Å². The lowest BCUT2D eigenvalue weighted by Crippen LogP contribution is -2.14. The maximum atomic E-state index is 2.53. The zero-order valence-corrected chi connectivity index (χ0v) is 46.0. The predicted octanol–water partition coefficient (Wildman–Crippen LogP) is 20.4. The van der Waals surface area contributed by atoms with Crippen molar-refractivity contribution >= 4 is 87.2 Å². The average Bonchev–Trinajstić information content (AvgIpc) is 1.98. The molecule has 4 aromatic heterocycles. The topological polar surface area (TPSA) is 19.7 Å². The fourth-order valence-corrected chi connectivity index (χ4v) is 15.3. The molecule has 82 heavy (non-hydrogen) atoms. The fourth-order valence-electron chi connectivity index (χ4n) is 15.3. The maximum Gasteiger partial charge on any atom is 0.0544 e. The second kappa shape index (κ2) is 16.2. The van der Waals surface area contributed by atoms with Crippen molar-refractivity contribution in [1.82, 2.24) is 18.3 Å². The van der Waals surface area contributed by atoms with Crippen LogP contribution in [0.4, 0.5) is 0 Å². The van der Waals surface area contributed by atoms with E-state index in [1.54, 1.807) is 0 Å². The van der Waals surface area contributed by atoms with Crippen molar-refractivity contribution in [1.29, 1.82) is 0 Å². The molecule has 0 fully saturated rings. The Morgan fingerprint density at radius 1 is 0.207 bits per heavy atom. The van der Waals surface area contributed by atoms with Crippen LogP contribution in [0.15, 0.2) is 255 Å². The minimum atomic E-state index is -0.154. The van der Waals surface area contributed by atoms with Crippen LogP contribution in [-0.2, 0) is 10.8 Å². The van der Waals surface area contributed by atoms with E-state index in [4.69, 9.17) is 0 Å². The van der Waals surface area contributed by atoms with Crippen molar-refractivity contribution in [3.05, 3.63) is 277 Å². The van der Waals surface area contributed by atoms with E-state index in [1.165, 1.54) is 143 Å². The van der Waals surface area contributed by atoms with Crippen LogP contribution < -0.4 is 0 Å². The summed E-state index contributed by atoms with van der Waals surface area (Å²) in [6, 6.07) is 95.9. The number of nitrogens with zero attached hydrogens (tertiary/aromatic N) is 4. The second-order valence-electron chi connectivity index (χ2n) is 24.1. The summed E-state index contributed by atoms with van der Waals surface area (Å²) in [4.78, 5) is 0. The van der Waals surface area contributed by atoms with Crippen molar-refractivity contribution < 1.29 is 0 Å². The van der Waals surface area contributed by atoms with Crippen LogP contribution >= 0.6 is 0 Å². The van der Waals surface area contributed by atoms with Crippen LogP contribution in [0.1, 0.15) is 49.9 Å². The van der Waals surface area contributed by atoms with Crippen LogP contribution in [-0.4, -0.2) is 18.3 Å². The van der Waals surface area contributed by atoms with Gasteiger partial charge in [0.1, 0.15) is 0 Å². The van der Waals surface area contributed by atoms with Gasteiger partial charge in [0.05, 0.1) is 44.1 Å². The highest BCUT2D eigenvalue weighted by atomic mass is 15.0. The van der Waals surface area contributed by atoms with Crippen molar-refractivity contribution in [2.45, 2.75) is 38.5 Å². The molecule has 0 unspecified atom stereocenters. The molecule has 0 N–H and O–H groups in total. The minimum Gasteiger partial charge on any atom is -0.309 e. The molecule has 0 saturated heterocycles. The van der Waals surface area contributed by atoms with Gasteiger partial charge in [-0.3, -0.25) is 0 Å². The van der Waals surface area contributed by atoms with Gasteiger partial charge in [-0.05, 0) is 177 Å². The molecule has 0 atom stereocenters. The molecule has 0 aliphatic heterocycles. The zero-order chi connectivity index (χ0) is 54.3. The number of hydrogen-bond donors (Lipinski definition) is 0. The van der Waals surface area contributed by atoms with Crippen molar-refractivity contribution in [2.75, 3.05) is 0 Å². The molecular formula is C78H54N4. The quantitative estimate of drug-likeness (QED) is 0.164. The van der Waals surface area contributed by atoms with Crippen molar-refractivity contribution in [2.24, 2.45) is 0 Å². The van der Waals surface area contributed by atoms with Gasteiger partial charge in [-0.1, -0.05) is 161 Å². The van der Waals surface area contributed by atoms with E-state index in [9.17, 15) is 0 Å². The van der Waals surface area contributed by atoms with E-state index in [1.807, 2.05) is 0 Å². The largest absolute Gasteiger partial charge is 0.309 e. The van der Waals surface area contributed by atoms with E-state index in [2.05, 4.69) is 301 Å². The molecule has 0 radical (unpaired) electrons.